The summed E-state index contributed by atoms with van der Waals surface area (Å²) in [5.41, 5.74) is 5.37. The van der Waals surface area contributed by atoms with E-state index in [9.17, 15) is 0 Å². The van der Waals surface area contributed by atoms with Crippen molar-refractivity contribution >= 4 is 11.8 Å². The average Bonchev–Trinajstić information content (AvgIpc) is 3.36. The van der Waals surface area contributed by atoms with Crippen LogP contribution >= 0.6 is 11.8 Å². The third kappa shape index (κ3) is 6.07. The second-order valence-corrected chi connectivity index (χ2v) is 9.57. The van der Waals surface area contributed by atoms with Gasteiger partial charge in [-0.1, -0.05) is 97.5 Å². The Bertz CT molecular complexity index is 1390. The lowest BCUT2D eigenvalue weighted by Crippen LogP contribution is -2.03. The molecule has 37 heavy (non-hydrogen) atoms. The van der Waals surface area contributed by atoms with Gasteiger partial charge in [0, 0.05) is 22.6 Å². The summed E-state index contributed by atoms with van der Waals surface area (Å²) in [7, 11) is 0. The minimum atomic E-state index is 0.572. The molecule has 4 aromatic carbocycles. The van der Waals surface area contributed by atoms with Crippen molar-refractivity contribution < 1.29 is 9.47 Å². The highest BCUT2D eigenvalue weighted by molar-refractivity contribution is 7.99. The molecule has 0 spiro atoms. The van der Waals surface area contributed by atoms with Crippen molar-refractivity contribution in [1.82, 2.24) is 9.55 Å². The second kappa shape index (κ2) is 12.3. The highest BCUT2D eigenvalue weighted by Crippen LogP contribution is 2.38. The van der Waals surface area contributed by atoms with E-state index >= 15 is 0 Å². The molecule has 1 aromatic heterocycles. The molecule has 0 aliphatic rings. The molecule has 0 unspecified atom stereocenters. The van der Waals surface area contributed by atoms with Crippen molar-refractivity contribution in [2.45, 2.75) is 18.5 Å². The van der Waals surface area contributed by atoms with Gasteiger partial charge in [-0.25, -0.2) is 4.98 Å². The molecule has 0 saturated carbocycles. The van der Waals surface area contributed by atoms with Crippen molar-refractivity contribution in [2.24, 2.45) is 0 Å². The lowest BCUT2D eigenvalue weighted by atomic mass is 10.0. The van der Waals surface area contributed by atoms with Gasteiger partial charge in [-0.3, -0.25) is 4.57 Å². The van der Waals surface area contributed by atoms with Gasteiger partial charge in [0.1, 0.15) is 11.5 Å². The van der Waals surface area contributed by atoms with Crippen LogP contribution in [0, 0.1) is 0 Å². The number of hydrogen-bond donors (Lipinski definition) is 0. The van der Waals surface area contributed by atoms with E-state index in [1.165, 1.54) is 0 Å². The zero-order chi connectivity index (χ0) is 25.3. The SMILES string of the molecule is CCCOc1ccc(OCCSc2nc(-c3ccccc3)c(-c3ccccc3)n2-c2ccccc2)cc1. The number of para-hydroxylation sites is 1. The van der Waals surface area contributed by atoms with Gasteiger partial charge in [-0.15, -0.1) is 0 Å². The van der Waals surface area contributed by atoms with Gasteiger partial charge in [0.2, 0.25) is 0 Å². The zero-order valence-electron chi connectivity index (χ0n) is 20.9. The van der Waals surface area contributed by atoms with E-state index in [1.54, 1.807) is 11.8 Å². The average molecular weight is 507 g/mol. The van der Waals surface area contributed by atoms with E-state index in [2.05, 4.69) is 84.3 Å². The molecule has 0 aliphatic carbocycles. The third-order valence-electron chi connectivity index (χ3n) is 5.84. The fraction of sp³-hybridized carbons (Fsp3) is 0.156. The van der Waals surface area contributed by atoms with E-state index in [4.69, 9.17) is 14.5 Å². The Balaban J connectivity index is 1.42. The molecule has 0 atom stereocenters. The third-order valence-corrected chi connectivity index (χ3v) is 6.74. The van der Waals surface area contributed by atoms with Crippen LogP contribution in [0.15, 0.2) is 120 Å². The van der Waals surface area contributed by atoms with Crippen LogP contribution in [0.25, 0.3) is 28.2 Å². The van der Waals surface area contributed by atoms with E-state index in [0.29, 0.717) is 6.61 Å². The number of imidazole rings is 1. The normalized spacial score (nSPS) is 10.8. The number of thioether (sulfide) groups is 1. The van der Waals surface area contributed by atoms with Crippen LogP contribution in [0.2, 0.25) is 0 Å². The first-order chi connectivity index (χ1) is 18.3. The quantitative estimate of drug-likeness (QED) is 0.134. The van der Waals surface area contributed by atoms with Crippen LogP contribution in [-0.2, 0) is 0 Å². The van der Waals surface area contributed by atoms with Crippen LogP contribution in [0.5, 0.6) is 11.5 Å². The summed E-state index contributed by atoms with van der Waals surface area (Å²) in [5.74, 6) is 2.47. The molecule has 0 radical (unpaired) electrons. The Hall–Kier alpha value is -3.96. The van der Waals surface area contributed by atoms with Crippen molar-refractivity contribution in [2.75, 3.05) is 19.0 Å². The summed E-state index contributed by atoms with van der Waals surface area (Å²) in [5, 5.41) is 0.941. The largest absolute Gasteiger partial charge is 0.494 e. The first kappa shape index (κ1) is 24.7. The van der Waals surface area contributed by atoms with Gasteiger partial charge in [0.05, 0.1) is 24.6 Å². The van der Waals surface area contributed by atoms with Crippen molar-refractivity contribution in [1.29, 1.82) is 0 Å². The molecule has 5 aromatic rings. The predicted molar refractivity (Wildman–Crippen MR) is 153 cm³/mol. The number of benzene rings is 4. The second-order valence-electron chi connectivity index (χ2n) is 8.51. The Labute approximate surface area is 222 Å². The summed E-state index contributed by atoms with van der Waals surface area (Å²) >= 11 is 1.70. The van der Waals surface area contributed by atoms with Gasteiger partial charge in [-0.05, 0) is 42.8 Å². The molecule has 0 N–H and O–H groups in total. The Morgan fingerprint density at radius 2 is 1.19 bits per heavy atom. The minimum absolute atomic E-state index is 0.572. The predicted octanol–water partition coefficient (Wildman–Crippen LogP) is 8.17. The van der Waals surface area contributed by atoms with Gasteiger partial charge < -0.3 is 9.47 Å². The fourth-order valence-electron chi connectivity index (χ4n) is 4.12. The molecular formula is C32H30N2O2S. The highest BCUT2D eigenvalue weighted by atomic mass is 32.2. The lowest BCUT2D eigenvalue weighted by molar-refractivity contribution is 0.314. The molecule has 5 heteroatoms. The van der Waals surface area contributed by atoms with Crippen LogP contribution in [0.4, 0.5) is 0 Å². The summed E-state index contributed by atoms with van der Waals surface area (Å²) in [6.45, 7) is 3.40. The number of nitrogens with zero attached hydrogens (tertiary/aromatic N) is 2. The monoisotopic (exact) mass is 506 g/mol. The molecular weight excluding hydrogens is 476 g/mol. The van der Waals surface area contributed by atoms with Crippen LogP contribution in [0.1, 0.15) is 13.3 Å². The highest BCUT2D eigenvalue weighted by Gasteiger charge is 2.21. The first-order valence-electron chi connectivity index (χ1n) is 12.6. The smallest absolute Gasteiger partial charge is 0.173 e. The maximum Gasteiger partial charge on any atom is 0.173 e. The Kier molecular flexibility index (Phi) is 8.24. The van der Waals surface area contributed by atoms with Crippen molar-refractivity contribution in [3.63, 3.8) is 0 Å². The van der Waals surface area contributed by atoms with Crippen LogP contribution in [-0.4, -0.2) is 28.5 Å². The molecule has 0 bridgehead atoms. The fourth-order valence-corrected chi connectivity index (χ4v) is 4.95. The number of rotatable bonds is 11. The Morgan fingerprint density at radius 1 is 0.649 bits per heavy atom. The number of hydrogen-bond acceptors (Lipinski definition) is 4. The van der Waals surface area contributed by atoms with Crippen LogP contribution < -0.4 is 9.47 Å². The van der Waals surface area contributed by atoms with E-state index in [0.717, 1.165) is 63.6 Å². The topological polar surface area (TPSA) is 36.3 Å². The zero-order valence-corrected chi connectivity index (χ0v) is 21.7. The molecule has 0 fully saturated rings. The first-order valence-corrected chi connectivity index (χ1v) is 13.6. The number of ether oxygens (including phenoxy) is 2. The summed E-state index contributed by atoms with van der Waals surface area (Å²) in [4.78, 5) is 5.17. The van der Waals surface area contributed by atoms with E-state index in [-0.39, 0.29) is 0 Å². The van der Waals surface area contributed by atoms with Gasteiger partial charge in [0.25, 0.3) is 0 Å². The summed E-state index contributed by atoms with van der Waals surface area (Å²) in [6.07, 6.45) is 0.992. The van der Waals surface area contributed by atoms with Gasteiger partial charge >= 0.3 is 0 Å². The van der Waals surface area contributed by atoms with E-state index in [1.807, 2.05) is 42.5 Å². The minimum Gasteiger partial charge on any atom is -0.494 e. The molecule has 4 nitrogen and oxygen atoms in total. The summed E-state index contributed by atoms with van der Waals surface area (Å²) < 4.78 is 14.0. The summed E-state index contributed by atoms with van der Waals surface area (Å²) in [6, 6.07) is 39.2. The molecule has 5 rings (SSSR count). The lowest BCUT2D eigenvalue weighted by Gasteiger charge is -2.13. The Morgan fingerprint density at radius 3 is 1.78 bits per heavy atom. The standard InChI is InChI=1S/C32H30N2O2S/c1-2-22-35-28-18-20-29(21-19-28)36-23-24-37-32-33-30(25-12-6-3-7-13-25)31(26-14-8-4-9-15-26)34(32)27-16-10-5-11-17-27/h3-21H,2,22-24H2,1H3. The molecule has 0 saturated heterocycles. The van der Waals surface area contributed by atoms with E-state index < -0.39 is 0 Å². The van der Waals surface area contributed by atoms with Crippen molar-refractivity contribution in [3.8, 4) is 39.7 Å². The molecule has 1 heterocycles. The number of aromatic nitrogens is 2. The maximum atomic E-state index is 6.03. The molecule has 186 valence electrons. The molecule has 0 amide bonds. The van der Waals surface area contributed by atoms with Crippen molar-refractivity contribution in [3.05, 3.63) is 115 Å². The molecule has 0 aliphatic heterocycles. The van der Waals surface area contributed by atoms with Crippen LogP contribution in [0.3, 0.4) is 0 Å². The van der Waals surface area contributed by atoms with Gasteiger partial charge in [0.15, 0.2) is 5.16 Å². The van der Waals surface area contributed by atoms with Gasteiger partial charge in [-0.2, -0.15) is 0 Å². The maximum absolute atomic E-state index is 6.03.